The Morgan fingerprint density at radius 3 is 2.53 bits per heavy atom. The first kappa shape index (κ1) is 26.2. The molecule has 38 heavy (non-hydrogen) atoms. The van der Waals surface area contributed by atoms with E-state index in [1.165, 1.54) is 0 Å². The van der Waals surface area contributed by atoms with Gasteiger partial charge in [-0.3, -0.25) is 14.5 Å². The number of nitrogens with zero attached hydrogens (tertiary/aromatic N) is 1. The summed E-state index contributed by atoms with van der Waals surface area (Å²) in [6.07, 6.45) is 4.08. The first-order valence-corrected chi connectivity index (χ1v) is 13.6. The number of nitrogens with one attached hydrogen (secondary N) is 2. The molecule has 0 saturated carbocycles. The molecule has 1 saturated heterocycles. The summed E-state index contributed by atoms with van der Waals surface area (Å²) in [6, 6.07) is 11.3. The lowest BCUT2D eigenvalue weighted by molar-refractivity contribution is -0.134. The monoisotopic (exact) mass is 523 g/mol. The average molecular weight is 524 g/mol. The second-order valence-electron chi connectivity index (χ2n) is 10.2. The van der Waals surface area contributed by atoms with Crippen LogP contribution in [0.4, 0.5) is 0 Å². The highest BCUT2D eigenvalue weighted by atomic mass is 16.6. The fourth-order valence-electron chi connectivity index (χ4n) is 5.59. The largest absolute Gasteiger partial charge is 0.493 e. The van der Waals surface area contributed by atoms with Crippen molar-refractivity contribution in [2.24, 2.45) is 5.41 Å². The van der Waals surface area contributed by atoms with Gasteiger partial charge in [0, 0.05) is 13.1 Å². The summed E-state index contributed by atoms with van der Waals surface area (Å²) in [5.74, 6) is 2.60. The van der Waals surface area contributed by atoms with Crippen molar-refractivity contribution in [3.8, 4) is 23.0 Å². The van der Waals surface area contributed by atoms with E-state index in [0.29, 0.717) is 55.7 Å². The number of likely N-dealkylation sites (tertiary alicyclic amines) is 1. The van der Waals surface area contributed by atoms with Crippen molar-refractivity contribution >= 4 is 11.8 Å². The third-order valence-corrected chi connectivity index (χ3v) is 7.73. The first-order valence-electron chi connectivity index (χ1n) is 13.6. The van der Waals surface area contributed by atoms with Gasteiger partial charge in [0.25, 0.3) is 5.91 Å². The molecule has 3 aliphatic rings. The van der Waals surface area contributed by atoms with Gasteiger partial charge < -0.3 is 29.6 Å². The number of carbonyl (C=O) groups is 2. The fourth-order valence-corrected chi connectivity index (χ4v) is 5.59. The van der Waals surface area contributed by atoms with Crippen molar-refractivity contribution < 1.29 is 28.5 Å². The zero-order chi connectivity index (χ0) is 26.4. The van der Waals surface area contributed by atoms with E-state index >= 15 is 0 Å². The molecule has 0 radical (unpaired) electrons. The van der Waals surface area contributed by atoms with Crippen LogP contribution in [0.3, 0.4) is 0 Å². The Balaban J connectivity index is 1.22. The molecule has 2 amide bonds. The Bertz CT molecular complexity index is 1130. The number of fused-ring (bicyclic) bond motifs is 2. The van der Waals surface area contributed by atoms with E-state index in [0.717, 1.165) is 63.1 Å². The van der Waals surface area contributed by atoms with Crippen LogP contribution in [0.15, 0.2) is 36.4 Å². The van der Waals surface area contributed by atoms with Crippen LogP contribution in [0.2, 0.25) is 0 Å². The van der Waals surface area contributed by atoms with Gasteiger partial charge in [-0.25, -0.2) is 0 Å². The van der Waals surface area contributed by atoms with Gasteiger partial charge in [0.1, 0.15) is 25.6 Å². The third-order valence-electron chi connectivity index (χ3n) is 7.73. The van der Waals surface area contributed by atoms with Crippen LogP contribution in [0.1, 0.15) is 48.0 Å². The zero-order valence-electron chi connectivity index (χ0n) is 22.1. The number of methoxy groups -OCH3 is 1. The van der Waals surface area contributed by atoms with Crippen molar-refractivity contribution in [1.29, 1.82) is 0 Å². The summed E-state index contributed by atoms with van der Waals surface area (Å²) in [7, 11) is 1.64. The van der Waals surface area contributed by atoms with E-state index in [-0.39, 0.29) is 11.8 Å². The van der Waals surface area contributed by atoms with Crippen LogP contribution >= 0.6 is 0 Å². The Morgan fingerprint density at radius 2 is 1.68 bits per heavy atom. The minimum absolute atomic E-state index is 0.108. The molecule has 2 aromatic rings. The van der Waals surface area contributed by atoms with Gasteiger partial charge in [0.2, 0.25) is 11.7 Å². The maximum Gasteiger partial charge on any atom is 0.255 e. The number of piperidine rings is 1. The molecule has 3 heterocycles. The highest BCUT2D eigenvalue weighted by molar-refractivity contribution is 5.96. The Kier molecular flexibility index (Phi) is 8.22. The molecule has 9 nitrogen and oxygen atoms in total. The first-order chi connectivity index (χ1) is 18.6. The van der Waals surface area contributed by atoms with Crippen LogP contribution < -0.4 is 29.6 Å². The minimum atomic E-state index is -0.410. The molecule has 0 aliphatic carbocycles. The molecule has 9 heteroatoms. The molecule has 0 aromatic heterocycles. The normalized spacial score (nSPS) is 20.3. The standard InChI is InChI=1S/C29H37N3O6/c1-35-24-18-21(19-25-26(24)38-17-16-37-25)20-32-13-9-29(10-14-32)8-4-5-11-30-27(33)22-6-2-3-7-23(22)36-15-12-31-28(29)34/h2-3,6-7,18-19H,4-5,8-17,20H2,1H3,(H,30,33)(H,31,34). The molecule has 2 aromatic carbocycles. The summed E-state index contributed by atoms with van der Waals surface area (Å²) in [5.41, 5.74) is 1.22. The minimum Gasteiger partial charge on any atom is -0.493 e. The smallest absolute Gasteiger partial charge is 0.255 e. The summed E-state index contributed by atoms with van der Waals surface area (Å²) in [4.78, 5) is 28.5. The lowest BCUT2D eigenvalue weighted by Gasteiger charge is -2.41. The zero-order valence-corrected chi connectivity index (χ0v) is 22.1. The number of carbonyl (C=O) groups excluding carboxylic acids is 2. The van der Waals surface area contributed by atoms with Gasteiger partial charge in [-0.1, -0.05) is 18.6 Å². The van der Waals surface area contributed by atoms with Gasteiger partial charge in [-0.2, -0.15) is 0 Å². The van der Waals surface area contributed by atoms with Crippen LogP contribution in [-0.4, -0.2) is 69.8 Å². The second kappa shape index (κ2) is 11.9. The highest BCUT2D eigenvalue weighted by Gasteiger charge is 2.40. The molecule has 2 N–H and O–H groups in total. The molecule has 0 unspecified atom stereocenters. The van der Waals surface area contributed by atoms with Crippen molar-refractivity contribution in [3.05, 3.63) is 47.5 Å². The van der Waals surface area contributed by atoms with E-state index < -0.39 is 5.41 Å². The van der Waals surface area contributed by atoms with Crippen molar-refractivity contribution in [2.75, 3.05) is 53.1 Å². The predicted molar refractivity (Wildman–Crippen MR) is 142 cm³/mol. The van der Waals surface area contributed by atoms with Crippen molar-refractivity contribution in [1.82, 2.24) is 15.5 Å². The number of hydrogen-bond acceptors (Lipinski definition) is 7. The van der Waals surface area contributed by atoms with Gasteiger partial charge >= 0.3 is 0 Å². The number of para-hydroxylation sites is 1. The fraction of sp³-hybridized carbons (Fsp3) is 0.517. The Hall–Kier alpha value is -3.46. The molecule has 1 spiro atoms. The number of rotatable bonds is 3. The lowest BCUT2D eigenvalue weighted by atomic mass is 9.73. The van der Waals surface area contributed by atoms with Gasteiger partial charge in [0.05, 0.1) is 24.6 Å². The number of benzene rings is 2. The maximum absolute atomic E-state index is 13.5. The van der Waals surface area contributed by atoms with E-state index in [2.05, 4.69) is 15.5 Å². The molecular formula is C29H37N3O6. The maximum atomic E-state index is 13.5. The quantitative estimate of drug-likeness (QED) is 0.638. The van der Waals surface area contributed by atoms with Crippen LogP contribution in [0.5, 0.6) is 23.0 Å². The number of hydrogen-bond donors (Lipinski definition) is 2. The average Bonchev–Trinajstić information content (AvgIpc) is 2.95. The van der Waals surface area contributed by atoms with E-state index in [1.54, 1.807) is 19.2 Å². The number of ether oxygens (including phenoxy) is 4. The molecular weight excluding hydrogens is 486 g/mol. The van der Waals surface area contributed by atoms with Crippen LogP contribution in [0, 0.1) is 5.41 Å². The highest BCUT2D eigenvalue weighted by Crippen LogP contribution is 2.42. The summed E-state index contributed by atoms with van der Waals surface area (Å²) in [6.45, 7) is 4.73. The summed E-state index contributed by atoms with van der Waals surface area (Å²) >= 11 is 0. The van der Waals surface area contributed by atoms with Gasteiger partial charge in [-0.05, 0) is 68.6 Å². The van der Waals surface area contributed by atoms with E-state index in [9.17, 15) is 9.59 Å². The van der Waals surface area contributed by atoms with Gasteiger partial charge in [0.15, 0.2) is 11.5 Å². The van der Waals surface area contributed by atoms with Gasteiger partial charge in [-0.15, -0.1) is 0 Å². The van der Waals surface area contributed by atoms with E-state index in [1.807, 2.05) is 24.3 Å². The predicted octanol–water partition coefficient (Wildman–Crippen LogP) is 3.16. The van der Waals surface area contributed by atoms with Crippen LogP contribution in [-0.2, 0) is 11.3 Å². The van der Waals surface area contributed by atoms with Crippen molar-refractivity contribution in [3.63, 3.8) is 0 Å². The summed E-state index contributed by atoms with van der Waals surface area (Å²) < 4.78 is 22.9. The Labute approximate surface area is 223 Å². The third kappa shape index (κ3) is 5.83. The van der Waals surface area contributed by atoms with E-state index in [4.69, 9.17) is 18.9 Å². The lowest BCUT2D eigenvalue weighted by Crippen LogP contribution is -2.49. The summed E-state index contributed by atoms with van der Waals surface area (Å²) in [5, 5.41) is 6.13. The second-order valence-corrected chi connectivity index (χ2v) is 10.2. The molecule has 5 rings (SSSR count). The Morgan fingerprint density at radius 1 is 0.895 bits per heavy atom. The molecule has 0 atom stereocenters. The van der Waals surface area contributed by atoms with Crippen molar-refractivity contribution in [2.45, 2.75) is 38.6 Å². The topological polar surface area (TPSA) is 98.4 Å². The molecule has 0 bridgehead atoms. The number of amides is 2. The molecule has 1 fully saturated rings. The molecule has 204 valence electrons. The SMILES string of the molecule is COc1cc(CN2CCC3(CCCCNC(=O)c4ccccc4OCCNC3=O)CC2)cc2c1OCCO2. The molecule has 3 aliphatic heterocycles. The van der Waals surface area contributed by atoms with Crippen LogP contribution in [0.25, 0.3) is 0 Å².